The third kappa shape index (κ3) is 1.98. The van der Waals surface area contributed by atoms with Crippen LogP contribution in [0.15, 0.2) is 35.3 Å². The molecule has 0 aliphatic carbocycles. The number of aromatic amines is 1. The van der Waals surface area contributed by atoms with E-state index >= 15 is 0 Å². The second-order valence-corrected chi connectivity index (χ2v) is 3.89. The van der Waals surface area contributed by atoms with Crippen LogP contribution in [0, 0.1) is 6.92 Å². The third-order valence-corrected chi connectivity index (χ3v) is 2.67. The van der Waals surface area contributed by atoms with Crippen molar-refractivity contribution in [1.82, 2.24) is 4.98 Å². The maximum absolute atomic E-state index is 11.9. The molecule has 0 spiro atoms. The van der Waals surface area contributed by atoms with Gasteiger partial charge in [0, 0.05) is 11.8 Å². The normalized spacial score (nSPS) is 10.3. The minimum Gasteiger partial charge on any atom is -0.503 e. The molecule has 3 N–H and O–H groups in total. The second kappa shape index (κ2) is 4.37. The number of aromatic hydroxyl groups is 1. The fourth-order valence-corrected chi connectivity index (χ4v) is 1.65. The molecule has 1 aromatic heterocycles. The summed E-state index contributed by atoms with van der Waals surface area (Å²) >= 11 is 0. The molecule has 1 heterocycles. The SMILES string of the molecule is Cc1[nH]cc(-c2cccc(C(=O)O)c2)c(=O)c1O. The summed E-state index contributed by atoms with van der Waals surface area (Å²) in [5.41, 5.74) is 0.631. The van der Waals surface area contributed by atoms with E-state index in [1.54, 1.807) is 19.1 Å². The molecule has 2 rings (SSSR count). The highest BCUT2D eigenvalue weighted by atomic mass is 16.4. The average Bonchev–Trinajstić information content (AvgIpc) is 2.36. The highest BCUT2D eigenvalue weighted by molar-refractivity contribution is 5.89. The number of nitrogens with one attached hydrogen (secondary N) is 1. The van der Waals surface area contributed by atoms with E-state index in [1.165, 1.54) is 18.3 Å². The number of carboxylic acid groups (broad SMARTS) is 1. The molecule has 0 saturated carbocycles. The van der Waals surface area contributed by atoms with Gasteiger partial charge in [0.25, 0.3) is 0 Å². The lowest BCUT2D eigenvalue weighted by molar-refractivity contribution is 0.0697. The lowest BCUT2D eigenvalue weighted by Gasteiger charge is -2.04. The number of carboxylic acids is 1. The summed E-state index contributed by atoms with van der Waals surface area (Å²) in [4.78, 5) is 25.5. The van der Waals surface area contributed by atoms with Crippen LogP contribution in [0.4, 0.5) is 0 Å². The Hall–Kier alpha value is -2.56. The number of rotatable bonds is 2. The predicted octanol–water partition coefficient (Wildman–Crippen LogP) is 1.75. The molecule has 0 amide bonds. The monoisotopic (exact) mass is 245 g/mol. The molecule has 18 heavy (non-hydrogen) atoms. The Bertz CT molecular complexity index is 673. The van der Waals surface area contributed by atoms with E-state index < -0.39 is 11.4 Å². The Labute approximate surface area is 102 Å². The van der Waals surface area contributed by atoms with Gasteiger partial charge in [-0.05, 0) is 24.6 Å². The van der Waals surface area contributed by atoms with Gasteiger partial charge >= 0.3 is 5.97 Å². The molecule has 0 fully saturated rings. The van der Waals surface area contributed by atoms with Crippen LogP contribution in [0.2, 0.25) is 0 Å². The lowest BCUT2D eigenvalue weighted by Crippen LogP contribution is -2.07. The summed E-state index contributed by atoms with van der Waals surface area (Å²) in [6, 6.07) is 6.00. The minimum absolute atomic E-state index is 0.0898. The average molecular weight is 245 g/mol. The van der Waals surface area contributed by atoms with E-state index in [9.17, 15) is 14.7 Å². The van der Waals surface area contributed by atoms with Crippen molar-refractivity contribution in [3.8, 4) is 16.9 Å². The van der Waals surface area contributed by atoms with E-state index in [1.807, 2.05) is 0 Å². The summed E-state index contributed by atoms with van der Waals surface area (Å²) in [6.07, 6.45) is 1.46. The number of aromatic carboxylic acids is 1. The number of pyridine rings is 1. The summed E-state index contributed by atoms with van der Waals surface area (Å²) < 4.78 is 0. The van der Waals surface area contributed by atoms with Gasteiger partial charge in [-0.3, -0.25) is 4.79 Å². The zero-order chi connectivity index (χ0) is 13.3. The first-order valence-corrected chi connectivity index (χ1v) is 5.25. The molecule has 0 unspecified atom stereocenters. The number of benzene rings is 1. The van der Waals surface area contributed by atoms with Gasteiger partial charge in [0.15, 0.2) is 5.75 Å². The van der Waals surface area contributed by atoms with Crippen molar-refractivity contribution >= 4 is 5.97 Å². The Morgan fingerprint density at radius 3 is 2.72 bits per heavy atom. The van der Waals surface area contributed by atoms with Crippen LogP contribution in [0.25, 0.3) is 11.1 Å². The standard InChI is InChI=1S/C13H11NO4/c1-7-11(15)12(16)10(6-14-7)8-3-2-4-9(5-8)13(17)18/h2-6,15H,1H3,(H,14,16)(H,17,18). The molecule has 92 valence electrons. The Morgan fingerprint density at radius 1 is 1.33 bits per heavy atom. The van der Waals surface area contributed by atoms with Crippen LogP contribution in [0.1, 0.15) is 16.1 Å². The maximum Gasteiger partial charge on any atom is 0.335 e. The molecular weight excluding hydrogens is 234 g/mol. The first-order chi connectivity index (χ1) is 8.50. The van der Waals surface area contributed by atoms with Crippen LogP contribution in [0.3, 0.4) is 0 Å². The summed E-state index contributed by atoms with van der Waals surface area (Å²) in [5, 5.41) is 18.5. The summed E-state index contributed by atoms with van der Waals surface area (Å²) in [5.74, 6) is -1.42. The van der Waals surface area contributed by atoms with Gasteiger partial charge < -0.3 is 15.2 Å². The van der Waals surface area contributed by atoms with Crippen LogP contribution >= 0.6 is 0 Å². The van der Waals surface area contributed by atoms with Crippen molar-refractivity contribution in [2.24, 2.45) is 0 Å². The van der Waals surface area contributed by atoms with Crippen molar-refractivity contribution < 1.29 is 15.0 Å². The molecule has 1 aromatic carbocycles. The molecule has 0 radical (unpaired) electrons. The van der Waals surface area contributed by atoms with Gasteiger partial charge in [-0.1, -0.05) is 12.1 Å². The third-order valence-electron chi connectivity index (χ3n) is 2.67. The van der Waals surface area contributed by atoms with E-state index in [0.29, 0.717) is 11.3 Å². The molecule has 0 atom stereocenters. The van der Waals surface area contributed by atoms with E-state index in [2.05, 4.69) is 4.98 Å². The van der Waals surface area contributed by atoms with E-state index in [-0.39, 0.29) is 16.9 Å². The Balaban J connectivity index is 2.63. The smallest absolute Gasteiger partial charge is 0.335 e. The van der Waals surface area contributed by atoms with Crippen LogP contribution in [0.5, 0.6) is 5.75 Å². The zero-order valence-corrected chi connectivity index (χ0v) is 9.60. The first-order valence-electron chi connectivity index (χ1n) is 5.25. The molecule has 0 saturated heterocycles. The van der Waals surface area contributed by atoms with Crippen molar-refractivity contribution in [2.75, 3.05) is 0 Å². The Kier molecular flexibility index (Phi) is 2.89. The predicted molar refractivity (Wildman–Crippen MR) is 65.9 cm³/mol. The van der Waals surface area contributed by atoms with Gasteiger partial charge in [0.05, 0.1) is 11.3 Å². The fourth-order valence-electron chi connectivity index (χ4n) is 1.65. The number of aryl methyl sites for hydroxylation is 1. The lowest BCUT2D eigenvalue weighted by atomic mass is 10.0. The minimum atomic E-state index is -1.07. The van der Waals surface area contributed by atoms with Crippen molar-refractivity contribution in [2.45, 2.75) is 6.92 Å². The largest absolute Gasteiger partial charge is 0.503 e. The van der Waals surface area contributed by atoms with Crippen LogP contribution in [-0.4, -0.2) is 21.2 Å². The van der Waals surface area contributed by atoms with Gasteiger partial charge in [-0.15, -0.1) is 0 Å². The molecule has 0 aliphatic heterocycles. The number of hydrogen-bond donors (Lipinski definition) is 3. The van der Waals surface area contributed by atoms with Crippen molar-refractivity contribution in [3.63, 3.8) is 0 Å². The molecule has 2 aromatic rings. The Morgan fingerprint density at radius 2 is 2.06 bits per heavy atom. The van der Waals surface area contributed by atoms with E-state index in [0.717, 1.165) is 0 Å². The number of H-pyrrole nitrogens is 1. The molecular formula is C13H11NO4. The van der Waals surface area contributed by atoms with Crippen LogP contribution in [-0.2, 0) is 0 Å². The maximum atomic E-state index is 11.9. The van der Waals surface area contributed by atoms with Gasteiger partial charge in [0.1, 0.15) is 0 Å². The van der Waals surface area contributed by atoms with Crippen molar-refractivity contribution in [1.29, 1.82) is 0 Å². The topological polar surface area (TPSA) is 90.4 Å². The molecule has 5 nitrogen and oxygen atoms in total. The second-order valence-electron chi connectivity index (χ2n) is 3.89. The summed E-state index contributed by atoms with van der Waals surface area (Å²) in [6.45, 7) is 1.58. The van der Waals surface area contributed by atoms with Gasteiger partial charge in [-0.2, -0.15) is 0 Å². The molecule has 5 heteroatoms. The van der Waals surface area contributed by atoms with Gasteiger partial charge in [-0.25, -0.2) is 4.79 Å². The van der Waals surface area contributed by atoms with Crippen molar-refractivity contribution in [3.05, 3.63) is 51.9 Å². The quantitative estimate of drug-likeness (QED) is 0.751. The number of hydrogen-bond acceptors (Lipinski definition) is 3. The number of aromatic nitrogens is 1. The number of carbonyl (C=O) groups is 1. The molecule has 0 bridgehead atoms. The fraction of sp³-hybridized carbons (Fsp3) is 0.0769. The first kappa shape index (κ1) is 11.9. The highest BCUT2D eigenvalue weighted by Crippen LogP contribution is 2.19. The van der Waals surface area contributed by atoms with Gasteiger partial charge in [0.2, 0.25) is 5.43 Å². The van der Waals surface area contributed by atoms with Crippen LogP contribution < -0.4 is 5.43 Å². The highest BCUT2D eigenvalue weighted by Gasteiger charge is 2.11. The van der Waals surface area contributed by atoms with E-state index in [4.69, 9.17) is 5.11 Å². The molecule has 0 aliphatic rings. The summed E-state index contributed by atoms with van der Waals surface area (Å²) in [7, 11) is 0. The zero-order valence-electron chi connectivity index (χ0n) is 9.60.